The summed E-state index contributed by atoms with van der Waals surface area (Å²) in [5.74, 6) is 1.71. The van der Waals surface area contributed by atoms with Gasteiger partial charge in [-0.25, -0.2) is 0 Å². The van der Waals surface area contributed by atoms with Crippen molar-refractivity contribution in [2.75, 3.05) is 6.61 Å². The summed E-state index contributed by atoms with van der Waals surface area (Å²) < 4.78 is 5.35. The Bertz CT molecular complexity index is 945. The number of carbonyl (C=O) groups excluding carboxylic acids is 2. The number of ketones is 2. The second-order valence-corrected chi connectivity index (χ2v) is 5.23. The minimum atomic E-state index is -0.569. The molecule has 0 atom stereocenters. The van der Waals surface area contributed by atoms with Crippen LogP contribution in [0.3, 0.4) is 0 Å². The van der Waals surface area contributed by atoms with Gasteiger partial charge in [0.15, 0.2) is 11.6 Å². The average Bonchev–Trinajstić information content (AvgIpc) is 2.86. The van der Waals surface area contributed by atoms with Crippen molar-refractivity contribution in [3.05, 3.63) is 74.8 Å². The van der Waals surface area contributed by atoms with Gasteiger partial charge in [-0.1, -0.05) is 30.2 Å². The summed E-state index contributed by atoms with van der Waals surface area (Å²) in [6.07, 6.45) is 6.47. The lowest BCUT2D eigenvalue weighted by molar-refractivity contribution is -0.384. The highest BCUT2D eigenvalue weighted by Crippen LogP contribution is 2.31. The van der Waals surface area contributed by atoms with Crippen molar-refractivity contribution >= 4 is 23.3 Å². The molecular weight excluding hydrogens is 322 g/mol. The van der Waals surface area contributed by atoms with Crippen LogP contribution in [0.2, 0.25) is 0 Å². The molecule has 6 nitrogen and oxygen atoms in total. The zero-order chi connectivity index (χ0) is 18.0. The summed E-state index contributed by atoms with van der Waals surface area (Å²) in [5.41, 5.74) is 0.627. The zero-order valence-corrected chi connectivity index (χ0v) is 12.9. The van der Waals surface area contributed by atoms with Crippen molar-refractivity contribution in [2.45, 2.75) is 0 Å². The molecular formula is C19H11NO5. The number of nitro groups is 1. The van der Waals surface area contributed by atoms with Gasteiger partial charge in [0.05, 0.1) is 10.5 Å². The van der Waals surface area contributed by atoms with Crippen LogP contribution in [-0.2, 0) is 0 Å². The van der Waals surface area contributed by atoms with E-state index < -0.39 is 16.5 Å². The van der Waals surface area contributed by atoms with Crippen molar-refractivity contribution in [2.24, 2.45) is 0 Å². The normalized spacial score (nSPS) is 12.5. The Labute approximate surface area is 142 Å². The Morgan fingerprint density at radius 1 is 1.12 bits per heavy atom. The molecule has 6 heteroatoms. The summed E-state index contributed by atoms with van der Waals surface area (Å²) in [6, 6.07) is 10.4. The highest BCUT2D eigenvalue weighted by atomic mass is 16.6. The van der Waals surface area contributed by atoms with E-state index >= 15 is 0 Å². The predicted molar refractivity (Wildman–Crippen MR) is 90.5 cm³/mol. The van der Waals surface area contributed by atoms with Gasteiger partial charge < -0.3 is 4.74 Å². The third kappa shape index (κ3) is 2.91. The number of Topliss-reactive ketones (excluding diaryl/α,β-unsaturated/α-hetero) is 2. The van der Waals surface area contributed by atoms with Crippen molar-refractivity contribution in [3.8, 4) is 18.1 Å². The van der Waals surface area contributed by atoms with E-state index in [-0.39, 0.29) is 29.2 Å². The average molecular weight is 333 g/mol. The third-order valence-corrected chi connectivity index (χ3v) is 3.72. The number of nitro benzene ring substituents is 1. The van der Waals surface area contributed by atoms with Gasteiger partial charge in [0, 0.05) is 28.8 Å². The first-order chi connectivity index (χ1) is 12.0. The van der Waals surface area contributed by atoms with Crippen LogP contribution in [-0.4, -0.2) is 23.1 Å². The van der Waals surface area contributed by atoms with Crippen LogP contribution in [0.4, 0.5) is 5.69 Å². The molecule has 0 heterocycles. The number of hydrogen-bond acceptors (Lipinski definition) is 5. The molecule has 1 aliphatic carbocycles. The highest BCUT2D eigenvalue weighted by molar-refractivity contribution is 6.41. The number of fused-ring (bicyclic) bond motifs is 1. The third-order valence-electron chi connectivity index (χ3n) is 3.72. The van der Waals surface area contributed by atoms with Gasteiger partial charge >= 0.3 is 0 Å². The van der Waals surface area contributed by atoms with Gasteiger partial charge in [-0.15, -0.1) is 6.42 Å². The van der Waals surface area contributed by atoms with Crippen LogP contribution in [0.1, 0.15) is 26.3 Å². The molecule has 1 aliphatic rings. The van der Waals surface area contributed by atoms with E-state index in [0.29, 0.717) is 11.1 Å². The molecule has 25 heavy (non-hydrogen) atoms. The summed E-state index contributed by atoms with van der Waals surface area (Å²) in [7, 11) is 0. The molecule has 0 saturated carbocycles. The van der Waals surface area contributed by atoms with E-state index in [0.717, 1.165) is 0 Å². The number of carbonyl (C=O) groups is 2. The summed E-state index contributed by atoms with van der Waals surface area (Å²) in [5, 5.41) is 11.0. The molecule has 0 fully saturated rings. The molecule has 0 bridgehead atoms. The summed E-state index contributed by atoms with van der Waals surface area (Å²) in [6.45, 7) is -0.0455. The van der Waals surface area contributed by atoms with E-state index in [1.54, 1.807) is 24.3 Å². The number of ether oxygens (including phenoxy) is 1. The van der Waals surface area contributed by atoms with E-state index in [9.17, 15) is 19.7 Å². The molecule has 2 aromatic rings. The molecule has 0 N–H and O–H groups in total. The minimum absolute atomic E-state index is 0.0455. The van der Waals surface area contributed by atoms with Gasteiger partial charge in [-0.3, -0.25) is 19.7 Å². The van der Waals surface area contributed by atoms with Crippen molar-refractivity contribution in [1.82, 2.24) is 0 Å². The molecule has 0 unspecified atom stereocenters. The fraction of sp³-hybridized carbons (Fsp3) is 0.0526. The quantitative estimate of drug-likeness (QED) is 0.282. The Kier molecular flexibility index (Phi) is 4.14. The van der Waals surface area contributed by atoms with Gasteiger partial charge in [0.25, 0.3) is 5.69 Å². The van der Waals surface area contributed by atoms with Crippen LogP contribution in [0.15, 0.2) is 48.0 Å². The lowest BCUT2D eigenvalue weighted by Crippen LogP contribution is -2.02. The van der Waals surface area contributed by atoms with Crippen molar-refractivity contribution in [1.29, 1.82) is 0 Å². The standard InChI is InChI=1S/C19H11NO5/c1-2-9-25-17-8-7-13(20(23)24)10-12(17)11-16-18(21)14-5-3-4-6-15(14)19(16)22/h1,3-8,10-11H,9H2. The first kappa shape index (κ1) is 16.1. The molecule has 122 valence electrons. The predicted octanol–water partition coefficient (Wildman–Crippen LogP) is 3.07. The molecule has 0 amide bonds. The number of terminal acetylenes is 1. The summed E-state index contributed by atoms with van der Waals surface area (Å²) in [4.78, 5) is 35.4. The van der Waals surface area contributed by atoms with Gasteiger partial charge in [-0.05, 0) is 12.1 Å². The number of rotatable bonds is 4. The molecule has 2 aromatic carbocycles. The maximum atomic E-state index is 12.5. The first-order valence-corrected chi connectivity index (χ1v) is 7.27. The molecule has 3 rings (SSSR count). The fourth-order valence-electron chi connectivity index (χ4n) is 2.57. The van der Waals surface area contributed by atoms with E-state index in [1.165, 1.54) is 24.3 Å². The number of nitrogens with zero attached hydrogens (tertiary/aromatic N) is 1. The lowest BCUT2D eigenvalue weighted by atomic mass is 10.1. The van der Waals surface area contributed by atoms with Gasteiger partial charge in [-0.2, -0.15) is 0 Å². The second kappa shape index (κ2) is 6.42. The Balaban J connectivity index is 2.10. The number of allylic oxidation sites excluding steroid dienone is 1. The molecule has 0 aromatic heterocycles. The molecule has 0 aliphatic heterocycles. The number of benzene rings is 2. The Morgan fingerprint density at radius 3 is 2.32 bits per heavy atom. The van der Waals surface area contributed by atoms with E-state index in [1.807, 2.05) is 0 Å². The van der Waals surface area contributed by atoms with Crippen LogP contribution in [0.25, 0.3) is 6.08 Å². The highest BCUT2D eigenvalue weighted by Gasteiger charge is 2.32. The van der Waals surface area contributed by atoms with Gasteiger partial charge in [0.2, 0.25) is 0 Å². The second-order valence-electron chi connectivity index (χ2n) is 5.23. The maximum Gasteiger partial charge on any atom is 0.270 e. The smallest absolute Gasteiger partial charge is 0.270 e. The van der Waals surface area contributed by atoms with E-state index in [4.69, 9.17) is 11.2 Å². The largest absolute Gasteiger partial charge is 0.480 e. The molecule has 0 spiro atoms. The van der Waals surface area contributed by atoms with Crippen LogP contribution < -0.4 is 4.74 Å². The number of hydrogen-bond donors (Lipinski definition) is 0. The van der Waals surface area contributed by atoms with E-state index in [2.05, 4.69) is 5.92 Å². The molecule has 0 saturated heterocycles. The van der Waals surface area contributed by atoms with Crippen LogP contribution >= 0.6 is 0 Å². The Morgan fingerprint density at radius 2 is 1.76 bits per heavy atom. The Hall–Kier alpha value is -3.72. The fourth-order valence-corrected chi connectivity index (χ4v) is 2.57. The molecule has 0 radical (unpaired) electrons. The monoisotopic (exact) mass is 333 g/mol. The van der Waals surface area contributed by atoms with Crippen LogP contribution in [0.5, 0.6) is 5.75 Å². The minimum Gasteiger partial charge on any atom is -0.480 e. The lowest BCUT2D eigenvalue weighted by Gasteiger charge is -2.07. The zero-order valence-electron chi connectivity index (χ0n) is 12.9. The van der Waals surface area contributed by atoms with Crippen molar-refractivity contribution in [3.63, 3.8) is 0 Å². The van der Waals surface area contributed by atoms with Crippen LogP contribution in [0, 0.1) is 22.5 Å². The SMILES string of the molecule is C#CCOc1ccc([N+](=O)[O-])cc1C=C1C(=O)c2ccccc2C1=O. The topological polar surface area (TPSA) is 86.5 Å². The van der Waals surface area contributed by atoms with Gasteiger partial charge in [0.1, 0.15) is 12.4 Å². The number of non-ortho nitro benzene ring substituents is 1. The summed E-state index contributed by atoms with van der Waals surface area (Å²) >= 11 is 0. The maximum absolute atomic E-state index is 12.5. The first-order valence-electron chi connectivity index (χ1n) is 7.27. The van der Waals surface area contributed by atoms with Crippen molar-refractivity contribution < 1.29 is 19.2 Å².